The van der Waals surface area contributed by atoms with Crippen LogP contribution in [0.15, 0.2) is 4.99 Å². The Bertz CT molecular complexity index is 484. The number of nitrogens with zero attached hydrogens (tertiary/aromatic N) is 2. The third-order valence-corrected chi connectivity index (χ3v) is 6.10. The van der Waals surface area contributed by atoms with E-state index in [0.717, 1.165) is 25.6 Å². The van der Waals surface area contributed by atoms with Gasteiger partial charge in [0.2, 0.25) is 0 Å². The van der Waals surface area contributed by atoms with Gasteiger partial charge in [0.05, 0.1) is 11.5 Å². The molecule has 2 atom stereocenters. The van der Waals surface area contributed by atoms with Crippen molar-refractivity contribution in [1.29, 1.82) is 0 Å². The number of hydrogen-bond donors (Lipinski definition) is 2. The van der Waals surface area contributed by atoms with Crippen molar-refractivity contribution in [3.8, 4) is 0 Å². The molecule has 0 amide bonds. The Kier molecular flexibility index (Phi) is 9.13. The minimum atomic E-state index is -2.85. The summed E-state index contributed by atoms with van der Waals surface area (Å²) in [5, 5.41) is 6.51. The second-order valence-electron chi connectivity index (χ2n) is 6.42. The zero-order valence-electron chi connectivity index (χ0n) is 14.3. The van der Waals surface area contributed by atoms with Gasteiger partial charge in [0.25, 0.3) is 0 Å². The first kappa shape index (κ1) is 21.0. The summed E-state index contributed by atoms with van der Waals surface area (Å²) in [4.78, 5) is 7.18. The van der Waals surface area contributed by atoms with Crippen molar-refractivity contribution in [2.24, 2.45) is 10.9 Å². The highest BCUT2D eigenvalue weighted by atomic mass is 127. The van der Waals surface area contributed by atoms with Crippen LogP contribution in [0.4, 0.5) is 0 Å². The fourth-order valence-electron chi connectivity index (χ4n) is 3.22. The van der Waals surface area contributed by atoms with Crippen LogP contribution in [0.5, 0.6) is 0 Å². The van der Waals surface area contributed by atoms with Crippen molar-refractivity contribution in [1.82, 2.24) is 15.5 Å². The lowest BCUT2D eigenvalue weighted by Gasteiger charge is -2.17. The maximum atomic E-state index is 11.5. The van der Waals surface area contributed by atoms with Crippen LogP contribution in [0.2, 0.25) is 0 Å². The van der Waals surface area contributed by atoms with E-state index in [4.69, 9.17) is 0 Å². The summed E-state index contributed by atoms with van der Waals surface area (Å²) in [6, 6.07) is 0.00275. The van der Waals surface area contributed by atoms with Gasteiger partial charge in [-0.15, -0.1) is 24.0 Å². The molecule has 2 fully saturated rings. The predicted molar refractivity (Wildman–Crippen MR) is 106 cm³/mol. The fourth-order valence-corrected chi connectivity index (χ4v) is 4.90. The van der Waals surface area contributed by atoms with Gasteiger partial charge in [-0.05, 0) is 45.2 Å². The summed E-state index contributed by atoms with van der Waals surface area (Å²) in [7, 11) is -2.85. The monoisotopic (exact) mass is 458 g/mol. The zero-order chi connectivity index (χ0) is 16.0. The standard InChI is InChI=1S/C15H30N4O2S.HI/c1-3-7-19-8-5-13(11-19)10-17-15(16-4-2)18-14-6-9-22(20,21)12-14;/h13-14H,3-12H2,1-2H3,(H2,16,17,18);1H. The van der Waals surface area contributed by atoms with Crippen LogP contribution in [0.3, 0.4) is 0 Å². The Morgan fingerprint density at radius 3 is 2.70 bits per heavy atom. The Hall–Kier alpha value is -0.0900. The highest BCUT2D eigenvalue weighted by Crippen LogP contribution is 2.16. The lowest BCUT2D eigenvalue weighted by molar-refractivity contribution is 0.326. The third-order valence-electron chi connectivity index (χ3n) is 4.33. The van der Waals surface area contributed by atoms with E-state index in [1.54, 1.807) is 0 Å². The number of rotatable bonds is 6. The van der Waals surface area contributed by atoms with E-state index in [2.05, 4.69) is 27.4 Å². The third kappa shape index (κ3) is 7.13. The van der Waals surface area contributed by atoms with Gasteiger partial charge in [0.1, 0.15) is 0 Å². The molecule has 2 unspecified atom stereocenters. The molecule has 2 aliphatic rings. The summed E-state index contributed by atoms with van der Waals surface area (Å²) < 4.78 is 23.1. The molecule has 0 radical (unpaired) electrons. The van der Waals surface area contributed by atoms with Crippen LogP contribution in [0, 0.1) is 5.92 Å². The van der Waals surface area contributed by atoms with E-state index in [9.17, 15) is 8.42 Å². The minimum absolute atomic E-state index is 0. The molecule has 0 bridgehead atoms. The predicted octanol–water partition coefficient (Wildman–Crippen LogP) is 1.08. The molecule has 2 heterocycles. The first-order valence-electron chi connectivity index (χ1n) is 8.50. The van der Waals surface area contributed by atoms with E-state index in [1.165, 1.54) is 25.9 Å². The Morgan fingerprint density at radius 2 is 2.09 bits per heavy atom. The van der Waals surface area contributed by atoms with Crippen LogP contribution >= 0.6 is 24.0 Å². The van der Waals surface area contributed by atoms with Gasteiger partial charge in [0, 0.05) is 25.7 Å². The normalized spacial score (nSPS) is 27.7. The molecule has 6 nitrogen and oxygen atoms in total. The van der Waals surface area contributed by atoms with E-state index in [1.807, 2.05) is 6.92 Å². The maximum Gasteiger partial charge on any atom is 0.191 e. The van der Waals surface area contributed by atoms with E-state index >= 15 is 0 Å². The van der Waals surface area contributed by atoms with E-state index in [-0.39, 0.29) is 35.8 Å². The van der Waals surface area contributed by atoms with Gasteiger partial charge < -0.3 is 15.5 Å². The van der Waals surface area contributed by atoms with E-state index in [0.29, 0.717) is 18.1 Å². The van der Waals surface area contributed by atoms with Gasteiger partial charge in [-0.2, -0.15) is 0 Å². The molecule has 2 N–H and O–H groups in total. The van der Waals surface area contributed by atoms with Crippen molar-refractivity contribution in [2.75, 3.05) is 44.2 Å². The van der Waals surface area contributed by atoms with Crippen LogP contribution in [0.1, 0.15) is 33.1 Å². The number of halogens is 1. The molecule has 0 aliphatic carbocycles. The molecule has 2 rings (SSSR count). The Labute approximate surface area is 157 Å². The van der Waals surface area contributed by atoms with Crippen LogP contribution < -0.4 is 10.6 Å². The number of nitrogens with one attached hydrogen (secondary N) is 2. The van der Waals surface area contributed by atoms with Crippen molar-refractivity contribution in [2.45, 2.75) is 39.2 Å². The van der Waals surface area contributed by atoms with E-state index < -0.39 is 9.84 Å². The molecule has 8 heteroatoms. The second-order valence-corrected chi connectivity index (χ2v) is 8.65. The van der Waals surface area contributed by atoms with Gasteiger partial charge in [0.15, 0.2) is 15.8 Å². The number of sulfone groups is 1. The van der Waals surface area contributed by atoms with Crippen LogP contribution in [-0.4, -0.2) is 69.5 Å². The first-order chi connectivity index (χ1) is 10.5. The SMILES string of the molecule is CCCN1CCC(CN=C(NCC)NC2CCS(=O)(=O)C2)C1.I. The van der Waals surface area contributed by atoms with Crippen LogP contribution in [-0.2, 0) is 9.84 Å². The molecule has 136 valence electrons. The highest BCUT2D eigenvalue weighted by Gasteiger charge is 2.28. The fraction of sp³-hybridized carbons (Fsp3) is 0.933. The molecule has 23 heavy (non-hydrogen) atoms. The van der Waals surface area contributed by atoms with Gasteiger partial charge in [-0.1, -0.05) is 6.92 Å². The maximum absolute atomic E-state index is 11.5. The summed E-state index contributed by atoms with van der Waals surface area (Å²) in [6.45, 7) is 9.34. The molecule has 2 aliphatic heterocycles. The highest BCUT2D eigenvalue weighted by molar-refractivity contribution is 14.0. The number of guanidine groups is 1. The molecule has 0 saturated carbocycles. The first-order valence-corrected chi connectivity index (χ1v) is 10.3. The number of likely N-dealkylation sites (tertiary alicyclic amines) is 1. The summed E-state index contributed by atoms with van der Waals surface area (Å²) in [5.41, 5.74) is 0. The lowest BCUT2D eigenvalue weighted by atomic mass is 10.1. The van der Waals surface area contributed by atoms with Gasteiger partial charge in [-0.25, -0.2) is 8.42 Å². The molecule has 0 spiro atoms. The summed E-state index contributed by atoms with van der Waals surface area (Å²) in [6.07, 6.45) is 3.09. The molecular weight excluding hydrogens is 427 g/mol. The van der Waals surface area contributed by atoms with Gasteiger partial charge in [-0.3, -0.25) is 4.99 Å². The molecule has 0 aromatic carbocycles. The largest absolute Gasteiger partial charge is 0.357 e. The molecular formula is C15H31IN4O2S. The smallest absolute Gasteiger partial charge is 0.191 e. The average Bonchev–Trinajstić information content (AvgIpc) is 3.03. The van der Waals surface area contributed by atoms with Crippen molar-refractivity contribution >= 4 is 39.8 Å². The van der Waals surface area contributed by atoms with Crippen molar-refractivity contribution in [3.63, 3.8) is 0 Å². The number of hydrogen-bond acceptors (Lipinski definition) is 4. The zero-order valence-corrected chi connectivity index (χ0v) is 17.4. The second kappa shape index (κ2) is 10.0. The summed E-state index contributed by atoms with van der Waals surface area (Å²) in [5.74, 6) is 1.90. The molecule has 0 aromatic rings. The van der Waals surface area contributed by atoms with Crippen molar-refractivity contribution in [3.05, 3.63) is 0 Å². The lowest BCUT2D eigenvalue weighted by Crippen LogP contribution is -2.44. The molecule has 2 saturated heterocycles. The number of aliphatic imine (C=N–C) groups is 1. The van der Waals surface area contributed by atoms with Crippen LogP contribution in [0.25, 0.3) is 0 Å². The Balaban J connectivity index is 0.00000264. The average molecular weight is 458 g/mol. The Morgan fingerprint density at radius 1 is 1.30 bits per heavy atom. The topological polar surface area (TPSA) is 73.8 Å². The quantitative estimate of drug-likeness (QED) is 0.354. The van der Waals surface area contributed by atoms with Gasteiger partial charge >= 0.3 is 0 Å². The summed E-state index contributed by atoms with van der Waals surface area (Å²) >= 11 is 0. The minimum Gasteiger partial charge on any atom is -0.357 e. The molecule has 0 aromatic heterocycles. The van der Waals surface area contributed by atoms with Crippen molar-refractivity contribution < 1.29 is 8.42 Å².